The third kappa shape index (κ3) is 1.95. The van der Waals surface area contributed by atoms with Crippen molar-refractivity contribution in [3.63, 3.8) is 0 Å². The minimum absolute atomic E-state index is 0.204. The Balaban J connectivity index is 2.24. The van der Waals surface area contributed by atoms with E-state index in [4.69, 9.17) is 11.6 Å². The topological polar surface area (TPSA) is 43.4 Å². The third-order valence-corrected chi connectivity index (χ3v) is 4.18. The highest BCUT2D eigenvalue weighted by atomic mass is 35.5. The fourth-order valence-electron chi connectivity index (χ4n) is 2.92. The van der Waals surface area contributed by atoms with Crippen LogP contribution in [0.2, 0.25) is 5.02 Å². The van der Waals surface area contributed by atoms with Crippen LogP contribution < -0.4 is 0 Å². The molecule has 22 heavy (non-hydrogen) atoms. The van der Waals surface area contributed by atoms with Crippen molar-refractivity contribution in [1.82, 2.24) is 0 Å². The summed E-state index contributed by atoms with van der Waals surface area (Å²) in [6.07, 6.45) is 0. The fourth-order valence-corrected chi connectivity index (χ4v) is 3.05. The molecule has 0 bridgehead atoms. The summed E-state index contributed by atoms with van der Waals surface area (Å²) in [5, 5.41) is 0.490. The van der Waals surface area contributed by atoms with Crippen LogP contribution in [0.3, 0.4) is 0 Å². The van der Waals surface area contributed by atoms with E-state index in [1.165, 1.54) is 6.07 Å². The van der Waals surface area contributed by atoms with Crippen LogP contribution in [0, 0.1) is 0 Å². The van der Waals surface area contributed by atoms with E-state index in [1.807, 2.05) is 0 Å². The first-order valence-electron chi connectivity index (χ1n) is 6.66. The second-order valence-electron chi connectivity index (χ2n) is 5.10. The number of halogens is 2. The molecule has 0 aliphatic heterocycles. The molecule has 0 radical (unpaired) electrons. The number of rotatable bonds is 2. The number of hydrogen-bond donors (Lipinski definition) is 0. The summed E-state index contributed by atoms with van der Waals surface area (Å²) in [5.74, 6) is -3.09. The predicted octanol–water partition coefficient (Wildman–Crippen LogP) is 3.55. The largest absolute Gasteiger partial charge is 0.466 e. The molecule has 0 heterocycles. The molecule has 0 spiro atoms. The van der Waals surface area contributed by atoms with Gasteiger partial charge in [0.2, 0.25) is 5.78 Å². The van der Waals surface area contributed by atoms with Gasteiger partial charge in [-0.3, -0.25) is 4.79 Å². The third-order valence-electron chi connectivity index (χ3n) is 3.93. The second kappa shape index (κ2) is 5.21. The van der Waals surface area contributed by atoms with E-state index in [2.05, 4.69) is 4.74 Å². The molecular formula is C17H12ClFO3. The van der Waals surface area contributed by atoms with Crippen molar-refractivity contribution in [2.24, 2.45) is 0 Å². The van der Waals surface area contributed by atoms with Crippen LogP contribution >= 0.6 is 11.6 Å². The zero-order chi connectivity index (χ0) is 15.9. The molecule has 2 aromatic carbocycles. The van der Waals surface area contributed by atoms with Gasteiger partial charge < -0.3 is 4.74 Å². The van der Waals surface area contributed by atoms with Gasteiger partial charge in [0.15, 0.2) is 0 Å². The van der Waals surface area contributed by atoms with Crippen molar-refractivity contribution in [3.8, 4) is 0 Å². The molecule has 2 aromatic rings. The number of carbonyl (C=O) groups excluding carboxylic acids is 2. The highest BCUT2D eigenvalue weighted by Crippen LogP contribution is 2.48. The monoisotopic (exact) mass is 318 g/mol. The van der Waals surface area contributed by atoms with E-state index >= 15 is 4.39 Å². The number of esters is 1. The number of alkyl halides is 1. The van der Waals surface area contributed by atoms with Crippen molar-refractivity contribution in [3.05, 3.63) is 70.2 Å². The van der Waals surface area contributed by atoms with Crippen molar-refractivity contribution in [1.29, 1.82) is 0 Å². The minimum Gasteiger partial charge on any atom is -0.466 e. The molecule has 3 nitrogen and oxygen atoms in total. The Kier molecular flexibility index (Phi) is 3.49. The summed E-state index contributed by atoms with van der Waals surface area (Å²) >= 11 is 5.86. The van der Waals surface area contributed by atoms with Gasteiger partial charge in [-0.25, -0.2) is 9.18 Å². The average Bonchev–Trinajstić information content (AvgIpc) is 2.77. The molecule has 0 saturated heterocycles. The molecule has 0 N–H and O–H groups in total. The van der Waals surface area contributed by atoms with Crippen LogP contribution in [0.1, 0.15) is 27.4 Å². The Morgan fingerprint density at radius 1 is 1.18 bits per heavy atom. The number of fused-ring (bicyclic) bond motifs is 1. The van der Waals surface area contributed by atoms with Crippen molar-refractivity contribution < 1.29 is 18.7 Å². The first-order chi connectivity index (χ1) is 10.5. The molecule has 1 aliphatic rings. The Morgan fingerprint density at radius 2 is 1.82 bits per heavy atom. The van der Waals surface area contributed by atoms with Gasteiger partial charge >= 0.3 is 5.97 Å². The first kappa shape index (κ1) is 14.7. The molecule has 2 atom stereocenters. The number of Topliss-reactive ketones (excluding diaryl/α,β-unsaturated/α-hetero) is 1. The standard InChI is InChI=1S/C17H12ClFO3/c1-22-16(21)17(19)14(10-6-8-11(18)9-7-10)12-4-2-3-5-13(12)15(17)20/h2-9,14H,1H3/t14-,17+/m1/s1. The molecule has 0 amide bonds. The SMILES string of the molecule is COC(=O)[C@@]1(F)C(=O)c2ccccc2[C@H]1c1ccc(Cl)cc1. The zero-order valence-electron chi connectivity index (χ0n) is 11.7. The summed E-state index contributed by atoms with van der Waals surface area (Å²) < 4.78 is 20.0. The number of benzene rings is 2. The quantitative estimate of drug-likeness (QED) is 0.628. The van der Waals surface area contributed by atoms with Gasteiger partial charge in [0.1, 0.15) is 0 Å². The summed E-state index contributed by atoms with van der Waals surface area (Å²) in [6.45, 7) is 0. The lowest BCUT2D eigenvalue weighted by Crippen LogP contribution is -2.44. The molecule has 0 aromatic heterocycles. The van der Waals surface area contributed by atoms with Gasteiger partial charge in [0.05, 0.1) is 13.0 Å². The molecule has 0 fully saturated rings. The summed E-state index contributed by atoms with van der Waals surface area (Å²) in [6, 6.07) is 12.9. The van der Waals surface area contributed by atoms with E-state index in [1.54, 1.807) is 42.5 Å². The lowest BCUT2D eigenvalue weighted by molar-refractivity contribution is -0.151. The first-order valence-corrected chi connectivity index (χ1v) is 7.04. The zero-order valence-corrected chi connectivity index (χ0v) is 12.4. The van der Waals surface area contributed by atoms with Crippen LogP contribution in [0.15, 0.2) is 48.5 Å². The Morgan fingerprint density at radius 3 is 2.45 bits per heavy atom. The van der Waals surface area contributed by atoms with Crippen LogP contribution in [0.25, 0.3) is 0 Å². The number of ether oxygens (including phenoxy) is 1. The molecule has 1 aliphatic carbocycles. The maximum atomic E-state index is 15.5. The van der Waals surface area contributed by atoms with Crippen molar-refractivity contribution in [2.75, 3.05) is 7.11 Å². The van der Waals surface area contributed by atoms with Gasteiger partial charge in [-0.15, -0.1) is 0 Å². The van der Waals surface area contributed by atoms with Crippen molar-refractivity contribution >= 4 is 23.4 Å². The fraction of sp³-hybridized carbons (Fsp3) is 0.176. The number of methoxy groups -OCH3 is 1. The van der Waals surface area contributed by atoms with E-state index in [-0.39, 0.29) is 5.56 Å². The van der Waals surface area contributed by atoms with Crippen LogP contribution in [-0.4, -0.2) is 24.5 Å². The van der Waals surface area contributed by atoms with Gasteiger partial charge in [-0.05, 0) is 23.3 Å². The molecule has 5 heteroatoms. The van der Waals surface area contributed by atoms with E-state index in [0.29, 0.717) is 16.1 Å². The Hall–Kier alpha value is -2.20. The smallest absolute Gasteiger partial charge is 0.352 e. The predicted molar refractivity (Wildman–Crippen MR) is 79.9 cm³/mol. The van der Waals surface area contributed by atoms with Gasteiger partial charge in [0.25, 0.3) is 5.67 Å². The van der Waals surface area contributed by atoms with Gasteiger partial charge in [0, 0.05) is 10.6 Å². The van der Waals surface area contributed by atoms with Crippen LogP contribution in [0.5, 0.6) is 0 Å². The maximum absolute atomic E-state index is 15.5. The number of ketones is 1. The van der Waals surface area contributed by atoms with E-state index < -0.39 is 23.3 Å². The maximum Gasteiger partial charge on any atom is 0.352 e. The highest BCUT2D eigenvalue weighted by Gasteiger charge is 2.61. The summed E-state index contributed by atoms with van der Waals surface area (Å²) in [5.41, 5.74) is -1.58. The molecule has 0 unspecified atom stereocenters. The normalized spacial score (nSPS) is 23.2. The molecule has 3 rings (SSSR count). The minimum atomic E-state index is -2.76. The number of carbonyl (C=O) groups is 2. The van der Waals surface area contributed by atoms with Gasteiger partial charge in [-0.2, -0.15) is 0 Å². The molecule has 112 valence electrons. The van der Waals surface area contributed by atoms with E-state index in [9.17, 15) is 9.59 Å². The lowest BCUT2D eigenvalue weighted by atomic mass is 9.83. The summed E-state index contributed by atoms with van der Waals surface area (Å²) in [7, 11) is 1.07. The second-order valence-corrected chi connectivity index (χ2v) is 5.54. The van der Waals surface area contributed by atoms with Gasteiger partial charge in [-0.1, -0.05) is 48.0 Å². The average molecular weight is 319 g/mol. The summed E-state index contributed by atoms with van der Waals surface area (Å²) in [4.78, 5) is 24.5. The Labute approximate surface area is 131 Å². The molecular weight excluding hydrogens is 307 g/mol. The highest BCUT2D eigenvalue weighted by molar-refractivity contribution is 6.30. The van der Waals surface area contributed by atoms with Crippen molar-refractivity contribution in [2.45, 2.75) is 11.6 Å². The molecule has 0 saturated carbocycles. The van der Waals surface area contributed by atoms with Crippen LogP contribution in [0.4, 0.5) is 4.39 Å². The van der Waals surface area contributed by atoms with Crippen LogP contribution in [-0.2, 0) is 9.53 Å². The lowest BCUT2D eigenvalue weighted by Gasteiger charge is -2.24. The Bertz CT molecular complexity index is 757. The van der Waals surface area contributed by atoms with E-state index in [0.717, 1.165) is 7.11 Å². The number of hydrogen-bond acceptors (Lipinski definition) is 3.